The lowest BCUT2D eigenvalue weighted by molar-refractivity contribution is -0.152. The molecule has 6 heteroatoms. The molecule has 1 N–H and O–H groups in total. The first-order chi connectivity index (χ1) is 13.5. The number of anilines is 1. The van der Waals surface area contributed by atoms with Crippen LogP contribution in [0.25, 0.3) is 0 Å². The van der Waals surface area contributed by atoms with E-state index in [1.54, 1.807) is 12.1 Å². The minimum Gasteiger partial charge on any atom is -0.323 e. The third-order valence-electron chi connectivity index (χ3n) is 6.25. The molecule has 4 nitrogen and oxygen atoms in total. The molecule has 0 radical (unpaired) electrons. The van der Waals surface area contributed by atoms with E-state index < -0.39 is 5.54 Å². The fourth-order valence-corrected chi connectivity index (χ4v) is 5.21. The monoisotopic (exact) mass is 414 g/mol. The number of nitrogens with zero attached hydrogens (tertiary/aromatic N) is 1. The van der Waals surface area contributed by atoms with Crippen LogP contribution in [0.3, 0.4) is 0 Å². The Bertz CT molecular complexity index is 988. The maximum atomic E-state index is 13.6. The third kappa shape index (κ3) is 2.66. The number of halogens is 2. The van der Waals surface area contributed by atoms with Crippen molar-refractivity contribution in [3.05, 3.63) is 63.6 Å². The molecule has 1 aliphatic carbocycles. The molecule has 2 atom stereocenters. The number of hydrogen-bond acceptors (Lipinski definition) is 2. The maximum Gasteiger partial charge on any atom is 0.255 e. The fourth-order valence-electron chi connectivity index (χ4n) is 4.84. The topological polar surface area (TPSA) is 49.4 Å². The van der Waals surface area contributed by atoms with Crippen molar-refractivity contribution in [2.45, 2.75) is 37.1 Å². The number of nitrogens with one attached hydrogen (secondary N) is 1. The zero-order valence-electron chi connectivity index (χ0n) is 15.3. The highest BCUT2D eigenvalue weighted by molar-refractivity contribution is 6.31. The quantitative estimate of drug-likeness (QED) is 0.771. The van der Waals surface area contributed by atoms with Gasteiger partial charge in [0.1, 0.15) is 0 Å². The lowest BCUT2D eigenvalue weighted by Gasteiger charge is -2.48. The van der Waals surface area contributed by atoms with E-state index in [1.165, 1.54) is 0 Å². The van der Waals surface area contributed by atoms with Crippen LogP contribution in [0.4, 0.5) is 5.69 Å². The normalized spacial score (nSPS) is 26.5. The summed E-state index contributed by atoms with van der Waals surface area (Å²) in [4.78, 5) is 28.5. The van der Waals surface area contributed by atoms with Gasteiger partial charge in [-0.2, -0.15) is 0 Å². The Morgan fingerprint density at radius 3 is 2.57 bits per heavy atom. The number of piperidine rings is 1. The van der Waals surface area contributed by atoms with Crippen molar-refractivity contribution in [3.63, 3.8) is 0 Å². The Hall–Kier alpha value is -2.04. The maximum absolute atomic E-state index is 13.6. The van der Waals surface area contributed by atoms with Crippen molar-refractivity contribution in [1.82, 2.24) is 4.90 Å². The van der Waals surface area contributed by atoms with Crippen LogP contribution in [0.5, 0.6) is 0 Å². The lowest BCUT2D eigenvalue weighted by Crippen LogP contribution is -2.60. The second-order valence-corrected chi connectivity index (χ2v) is 8.88. The number of likely N-dealkylation sites (tertiary alicyclic amines) is 1. The molecule has 0 aromatic heterocycles. The number of benzene rings is 2. The summed E-state index contributed by atoms with van der Waals surface area (Å²) in [6.07, 6.45) is 3.26. The Morgan fingerprint density at radius 1 is 1.04 bits per heavy atom. The van der Waals surface area contributed by atoms with Gasteiger partial charge in [0.2, 0.25) is 5.91 Å². The van der Waals surface area contributed by atoms with E-state index in [2.05, 4.69) is 5.32 Å². The first-order valence-corrected chi connectivity index (χ1v) is 10.4. The summed E-state index contributed by atoms with van der Waals surface area (Å²) in [5, 5.41) is 4.20. The molecule has 2 heterocycles. The highest BCUT2D eigenvalue weighted by Gasteiger charge is 2.60. The molecule has 1 unspecified atom stereocenters. The minimum atomic E-state index is -1.05. The van der Waals surface area contributed by atoms with Gasteiger partial charge in [0.05, 0.1) is 0 Å². The van der Waals surface area contributed by atoms with Gasteiger partial charge in [0, 0.05) is 40.2 Å². The number of carbonyl (C=O) groups is 2. The van der Waals surface area contributed by atoms with Crippen molar-refractivity contribution >= 4 is 40.7 Å². The molecule has 5 rings (SSSR count). The number of amides is 2. The van der Waals surface area contributed by atoms with Crippen molar-refractivity contribution < 1.29 is 9.59 Å². The molecular formula is C22H20Cl2N2O2. The molecule has 1 saturated heterocycles. The van der Waals surface area contributed by atoms with Crippen LogP contribution in [0.2, 0.25) is 10.0 Å². The second kappa shape index (κ2) is 6.50. The van der Waals surface area contributed by atoms with Gasteiger partial charge in [-0.1, -0.05) is 41.4 Å². The second-order valence-electron chi connectivity index (χ2n) is 8.00. The largest absolute Gasteiger partial charge is 0.323 e. The Morgan fingerprint density at radius 2 is 1.82 bits per heavy atom. The summed E-state index contributed by atoms with van der Waals surface area (Å²) in [5.74, 6) is 0.208. The van der Waals surface area contributed by atoms with Crippen LogP contribution < -0.4 is 5.32 Å². The van der Waals surface area contributed by atoms with Crippen LogP contribution >= 0.6 is 23.2 Å². The standard InChI is InChI=1S/C22H20Cl2N2O2/c23-15-3-1-2-14(10-15)17-8-9-20(27)26(12-13-4-5-13)22(17)18-7-6-16(24)11-19(18)25-21(22)28/h1-3,6-7,10-11,13,17H,4-5,8-9,12H2,(H,25,28)/t17?,22-/m0/s1. The molecule has 2 aromatic carbocycles. The smallest absolute Gasteiger partial charge is 0.255 e. The molecular weight excluding hydrogens is 395 g/mol. The summed E-state index contributed by atoms with van der Waals surface area (Å²) in [5.41, 5.74) is 1.46. The Kier molecular flexibility index (Phi) is 4.18. The minimum absolute atomic E-state index is 0.0446. The van der Waals surface area contributed by atoms with Crippen LogP contribution in [-0.4, -0.2) is 23.3 Å². The van der Waals surface area contributed by atoms with Crippen LogP contribution in [0.15, 0.2) is 42.5 Å². The summed E-state index contributed by atoms with van der Waals surface area (Å²) < 4.78 is 0. The first-order valence-electron chi connectivity index (χ1n) is 9.67. The van der Waals surface area contributed by atoms with Crippen LogP contribution in [0, 0.1) is 5.92 Å². The zero-order chi connectivity index (χ0) is 19.5. The third-order valence-corrected chi connectivity index (χ3v) is 6.72. The molecule has 2 aromatic rings. The van der Waals surface area contributed by atoms with E-state index in [4.69, 9.17) is 23.2 Å². The van der Waals surface area contributed by atoms with E-state index in [0.29, 0.717) is 41.0 Å². The summed E-state index contributed by atoms with van der Waals surface area (Å²) in [6, 6.07) is 13.1. The molecule has 144 valence electrons. The SMILES string of the molecule is O=C1CCC(c2cccc(Cl)c2)[C@]2(C(=O)Nc3cc(Cl)ccc32)N1CC1CC1. The number of rotatable bonds is 3. The molecule has 2 fully saturated rings. The predicted molar refractivity (Wildman–Crippen MR) is 110 cm³/mol. The van der Waals surface area contributed by atoms with Gasteiger partial charge in [-0.15, -0.1) is 0 Å². The zero-order valence-corrected chi connectivity index (χ0v) is 16.8. The molecule has 2 aliphatic heterocycles. The molecule has 1 spiro atoms. The van der Waals surface area contributed by atoms with Crippen molar-refractivity contribution in [2.75, 3.05) is 11.9 Å². The molecule has 0 bridgehead atoms. The highest BCUT2D eigenvalue weighted by atomic mass is 35.5. The average molecular weight is 415 g/mol. The van der Waals surface area contributed by atoms with Gasteiger partial charge in [-0.25, -0.2) is 0 Å². The molecule has 1 saturated carbocycles. The van der Waals surface area contributed by atoms with E-state index in [0.717, 1.165) is 24.0 Å². The highest BCUT2D eigenvalue weighted by Crippen LogP contribution is 2.55. The molecule has 28 heavy (non-hydrogen) atoms. The summed E-state index contributed by atoms with van der Waals surface area (Å²) in [7, 11) is 0. The van der Waals surface area contributed by atoms with E-state index in [1.807, 2.05) is 35.2 Å². The van der Waals surface area contributed by atoms with E-state index in [-0.39, 0.29) is 17.7 Å². The van der Waals surface area contributed by atoms with E-state index in [9.17, 15) is 9.59 Å². The van der Waals surface area contributed by atoms with Gasteiger partial charge in [0.15, 0.2) is 5.54 Å². The lowest BCUT2D eigenvalue weighted by atomic mass is 9.69. The van der Waals surface area contributed by atoms with Crippen molar-refractivity contribution in [2.24, 2.45) is 5.92 Å². The molecule has 2 amide bonds. The van der Waals surface area contributed by atoms with Crippen LogP contribution in [-0.2, 0) is 15.1 Å². The van der Waals surface area contributed by atoms with Gasteiger partial charge in [0.25, 0.3) is 5.91 Å². The Balaban J connectivity index is 1.73. The van der Waals surface area contributed by atoms with Gasteiger partial charge < -0.3 is 10.2 Å². The fraction of sp³-hybridized carbons (Fsp3) is 0.364. The average Bonchev–Trinajstić information content (AvgIpc) is 3.43. The summed E-state index contributed by atoms with van der Waals surface area (Å²) >= 11 is 12.5. The van der Waals surface area contributed by atoms with Crippen molar-refractivity contribution in [1.29, 1.82) is 0 Å². The first kappa shape index (κ1) is 18.0. The van der Waals surface area contributed by atoms with Gasteiger partial charge in [-0.3, -0.25) is 9.59 Å². The summed E-state index contributed by atoms with van der Waals surface area (Å²) in [6.45, 7) is 0.616. The van der Waals surface area contributed by atoms with Crippen molar-refractivity contribution in [3.8, 4) is 0 Å². The number of carbonyl (C=O) groups excluding carboxylic acids is 2. The van der Waals surface area contributed by atoms with Crippen LogP contribution in [0.1, 0.15) is 42.7 Å². The predicted octanol–water partition coefficient (Wildman–Crippen LogP) is 4.96. The molecule has 3 aliphatic rings. The Labute approximate surface area is 173 Å². The van der Waals surface area contributed by atoms with Gasteiger partial charge >= 0.3 is 0 Å². The van der Waals surface area contributed by atoms with E-state index >= 15 is 0 Å². The number of fused-ring (bicyclic) bond motifs is 2. The number of hydrogen-bond donors (Lipinski definition) is 1. The van der Waals surface area contributed by atoms with Gasteiger partial charge in [-0.05, 0) is 55.0 Å².